The fraction of sp³-hybridized carbons (Fsp3) is 0.393. The molecule has 458 valence electrons. The smallest absolute Gasteiger partial charge is 0.330 e. The van der Waals surface area contributed by atoms with E-state index in [4.69, 9.17) is 61.9 Å². The molecule has 4 aliphatic heterocycles. The van der Waals surface area contributed by atoms with Crippen molar-refractivity contribution in [3.8, 4) is 46.0 Å². The van der Waals surface area contributed by atoms with E-state index in [1.807, 2.05) is 0 Å². The summed E-state index contributed by atoms with van der Waals surface area (Å²) in [6.07, 6.45) is -26.2. The molecule has 0 saturated carbocycles. The molecule has 0 bridgehead atoms. The standard InChI is InChI=1S/C56H60O29/c1-74-34-15-24(3-11-30(34)59)5-13-41(63)76-21-37-44(66)48(70)51(73)55(83-37)85-53-49(71)46(68)39(22-77-42(64)14-6-25-4-12-31(60)35(16-25)75-2)84-56(53)81-36-19-29-32(79-52(36)26-7-9-27(57)10-8-26)17-28(58)18-33(29)80-54-50(72)47(69)45(67)38(82-54)23-78-43(65)20-40(61)62/h3-18,37-39,44-51,53-60,66-73H,19-23H2,1-2H3,(H,61,62)/b13-5+,14-6+/t37-,38-,39-,44-,45-,46-,47+,48+,49+,50-,51-,53-,54-,55+,56-/m1/s1. The Morgan fingerprint density at radius 2 is 1.05 bits per heavy atom. The van der Waals surface area contributed by atoms with Crippen LogP contribution in [0.25, 0.3) is 17.9 Å². The fourth-order valence-corrected chi connectivity index (χ4v) is 9.03. The van der Waals surface area contributed by atoms with Gasteiger partial charge in [0.15, 0.2) is 41.2 Å². The van der Waals surface area contributed by atoms with Crippen LogP contribution in [-0.4, -0.2) is 216 Å². The number of aliphatic hydroxyl groups excluding tert-OH is 8. The first-order valence-electron chi connectivity index (χ1n) is 25.8. The van der Waals surface area contributed by atoms with E-state index in [0.29, 0.717) is 11.1 Å². The van der Waals surface area contributed by atoms with Gasteiger partial charge in [0.05, 0.1) is 14.2 Å². The molecule has 0 aromatic heterocycles. The van der Waals surface area contributed by atoms with E-state index in [1.54, 1.807) is 0 Å². The highest BCUT2D eigenvalue weighted by atomic mass is 16.8. The number of carbonyl (C=O) groups is 4. The van der Waals surface area contributed by atoms with Crippen molar-refractivity contribution in [1.29, 1.82) is 0 Å². The average Bonchev–Trinajstić information content (AvgIpc) is 1.30. The number of ether oxygens (including phenoxy) is 12. The number of aromatic hydroxyl groups is 4. The van der Waals surface area contributed by atoms with Crippen LogP contribution >= 0.6 is 0 Å². The summed E-state index contributed by atoms with van der Waals surface area (Å²) in [7, 11) is 2.64. The third-order valence-corrected chi connectivity index (χ3v) is 13.6. The van der Waals surface area contributed by atoms with Gasteiger partial charge in [-0.1, -0.05) is 12.1 Å². The van der Waals surface area contributed by atoms with Gasteiger partial charge in [0.1, 0.15) is 122 Å². The Balaban J connectivity index is 1.09. The molecule has 0 spiro atoms. The number of esters is 3. The topological polar surface area (TPSA) is 442 Å². The summed E-state index contributed by atoms with van der Waals surface area (Å²) >= 11 is 0. The number of benzene rings is 4. The first-order chi connectivity index (χ1) is 40.5. The van der Waals surface area contributed by atoms with Gasteiger partial charge in [-0.2, -0.15) is 0 Å². The summed E-state index contributed by atoms with van der Waals surface area (Å²) < 4.78 is 68.4. The van der Waals surface area contributed by atoms with Gasteiger partial charge in [-0.25, -0.2) is 9.59 Å². The Bertz CT molecular complexity index is 3120. The minimum absolute atomic E-state index is 0.0216. The van der Waals surface area contributed by atoms with Gasteiger partial charge in [0.25, 0.3) is 0 Å². The van der Waals surface area contributed by atoms with E-state index in [9.17, 15) is 80.5 Å². The second-order valence-electron chi connectivity index (χ2n) is 19.4. The quantitative estimate of drug-likeness (QED) is 0.0210. The maximum Gasteiger partial charge on any atom is 0.330 e. The monoisotopic (exact) mass is 1200 g/mol. The lowest BCUT2D eigenvalue weighted by Crippen LogP contribution is -2.64. The number of rotatable bonds is 21. The summed E-state index contributed by atoms with van der Waals surface area (Å²) in [6, 6.07) is 15.9. The number of carboxylic acids is 1. The van der Waals surface area contributed by atoms with Crippen molar-refractivity contribution in [3.63, 3.8) is 0 Å². The van der Waals surface area contributed by atoms with E-state index in [-0.39, 0.29) is 62.9 Å². The molecule has 29 heteroatoms. The molecular formula is C56H60O29. The first kappa shape index (κ1) is 62.7. The first-order valence-corrected chi connectivity index (χ1v) is 25.8. The van der Waals surface area contributed by atoms with Crippen molar-refractivity contribution < 1.29 is 142 Å². The number of hydrogen-bond acceptors (Lipinski definition) is 28. The summed E-state index contributed by atoms with van der Waals surface area (Å²) in [6.45, 7) is -2.39. The van der Waals surface area contributed by atoms with E-state index in [1.165, 1.54) is 87.0 Å². The van der Waals surface area contributed by atoms with Crippen LogP contribution in [0.3, 0.4) is 0 Å². The maximum atomic E-state index is 13.1. The molecule has 3 saturated heterocycles. The number of hydrogen-bond donors (Lipinski definition) is 13. The summed E-state index contributed by atoms with van der Waals surface area (Å²) in [5.41, 5.74) is 0.961. The van der Waals surface area contributed by atoms with Crippen molar-refractivity contribution >= 4 is 41.8 Å². The maximum absolute atomic E-state index is 13.1. The number of carbonyl (C=O) groups excluding carboxylic acids is 3. The van der Waals surface area contributed by atoms with Crippen LogP contribution in [-0.2, 0) is 63.5 Å². The zero-order valence-electron chi connectivity index (χ0n) is 44.8. The molecule has 0 unspecified atom stereocenters. The third kappa shape index (κ3) is 15.2. The zero-order chi connectivity index (χ0) is 61.4. The minimum Gasteiger partial charge on any atom is -0.508 e. The number of aliphatic hydroxyl groups is 8. The number of phenols is 4. The predicted octanol–water partition coefficient (Wildman–Crippen LogP) is -0.796. The molecule has 29 nitrogen and oxygen atoms in total. The van der Waals surface area contributed by atoms with Crippen LogP contribution in [0.1, 0.15) is 28.7 Å². The molecule has 15 atom stereocenters. The molecule has 85 heavy (non-hydrogen) atoms. The second-order valence-corrected chi connectivity index (χ2v) is 19.4. The number of phenolic OH excluding ortho intramolecular Hbond substituents is 4. The zero-order valence-corrected chi connectivity index (χ0v) is 44.8. The lowest BCUT2D eigenvalue weighted by molar-refractivity contribution is -0.363. The molecule has 13 N–H and O–H groups in total. The van der Waals surface area contributed by atoms with Gasteiger partial charge in [-0.3, -0.25) is 9.59 Å². The Morgan fingerprint density at radius 3 is 1.59 bits per heavy atom. The van der Waals surface area contributed by atoms with Crippen LogP contribution in [0, 0.1) is 0 Å². The van der Waals surface area contributed by atoms with Gasteiger partial charge < -0.3 is 123 Å². The van der Waals surface area contributed by atoms with Gasteiger partial charge >= 0.3 is 23.9 Å². The van der Waals surface area contributed by atoms with Crippen molar-refractivity contribution in [2.45, 2.75) is 105 Å². The Kier molecular flexibility index (Phi) is 20.4. The number of methoxy groups -OCH3 is 2. The molecule has 4 heterocycles. The van der Waals surface area contributed by atoms with Crippen LogP contribution in [0.5, 0.6) is 46.0 Å². The van der Waals surface area contributed by atoms with Gasteiger partial charge in [-0.05, 0) is 71.8 Å². The van der Waals surface area contributed by atoms with E-state index in [0.717, 1.165) is 24.3 Å². The number of carboxylic acid groups (broad SMARTS) is 1. The normalized spacial score (nSPS) is 28.4. The average molecular weight is 1200 g/mol. The molecule has 0 amide bonds. The highest BCUT2D eigenvalue weighted by Crippen LogP contribution is 2.45. The number of aliphatic carboxylic acids is 1. The number of allylic oxidation sites excluding steroid dienone is 1. The van der Waals surface area contributed by atoms with Crippen molar-refractivity contribution in [3.05, 3.63) is 113 Å². The molecule has 0 radical (unpaired) electrons. The van der Waals surface area contributed by atoms with Gasteiger partial charge in [0.2, 0.25) is 12.6 Å². The van der Waals surface area contributed by atoms with Crippen LogP contribution in [0.4, 0.5) is 0 Å². The minimum atomic E-state index is -2.16. The lowest BCUT2D eigenvalue weighted by Gasteiger charge is -2.46. The molecule has 3 fully saturated rings. The summed E-state index contributed by atoms with van der Waals surface area (Å²) in [5.74, 6) is -6.51. The van der Waals surface area contributed by atoms with Crippen LogP contribution in [0.2, 0.25) is 0 Å². The molecule has 0 aliphatic carbocycles. The summed E-state index contributed by atoms with van der Waals surface area (Å²) in [5, 5.41) is 140. The highest BCUT2D eigenvalue weighted by molar-refractivity contribution is 5.90. The number of fused-ring (bicyclic) bond motifs is 1. The van der Waals surface area contributed by atoms with Gasteiger partial charge in [-0.15, -0.1) is 0 Å². The molecule has 4 aliphatic rings. The summed E-state index contributed by atoms with van der Waals surface area (Å²) in [4.78, 5) is 49.1. The predicted molar refractivity (Wildman–Crippen MR) is 281 cm³/mol. The van der Waals surface area contributed by atoms with Crippen LogP contribution in [0.15, 0.2) is 90.7 Å². The Morgan fingerprint density at radius 1 is 0.541 bits per heavy atom. The lowest BCUT2D eigenvalue weighted by atomic mass is 9.97. The largest absolute Gasteiger partial charge is 0.508 e. The highest BCUT2D eigenvalue weighted by Gasteiger charge is 2.53. The second kappa shape index (κ2) is 27.6. The van der Waals surface area contributed by atoms with Crippen LogP contribution < -0.4 is 18.9 Å². The van der Waals surface area contributed by atoms with Crippen molar-refractivity contribution in [1.82, 2.24) is 0 Å². The third-order valence-electron chi connectivity index (χ3n) is 13.6. The molecule has 8 rings (SSSR count). The fourth-order valence-electron chi connectivity index (χ4n) is 9.03. The molecule has 4 aromatic carbocycles. The van der Waals surface area contributed by atoms with Gasteiger partial charge in [0, 0.05) is 41.8 Å². The van der Waals surface area contributed by atoms with E-state index < -0.39 is 154 Å². The Labute approximate surface area is 481 Å². The molecule has 4 aromatic rings. The van der Waals surface area contributed by atoms with E-state index in [2.05, 4.69) is 0 Å². The Hall–Kier alpha value is -8.30. The van der Waals surface area contributed by atoms with E-state index >= 15 is 0 Å². The van der Waals surface area contributed by atoms with Crippen molar-refractivity contribution in [2.75, 3.05) is 34.0 Å². The van der Waals surface area contributed by atoms with Crippen molar-refractivity contribution in [2.24, 2.45) is 0 Å². The SMILES string of the molecule is COc1cc(/C=C/C(=O)OC[C@H]2O[C@@H](O[C@H]3[C@H](OC4=C(c5ccc(O)cc5)Oc5cc(O)cc(O[C@@H]6O[C@H](COC(=O)CC(=O)O)[C@@H](O)[C@H](O)[C@H]6O)c5C4)O[C@H](COC(=O)/C=C/c4ccc(O)c(OC)c4)[C@@H](O)[C@@H]3O)[C@H](O)[C@@H](O)[C@@H]2O)ccc1O. The molecular weight excluding hydrogens is 1140 g/mol.